The first-order valence-electron chi connectivity index (χ1n) is 16.6. The number of hydrogen-bond acceptors (Lipinski definition) is 3. The quantitative estimate of drug-likeness (QED) is 0.112. The van der Waals surface area contributed by atoms with Crippen LogP contribution in [0.2, 0.25) is 0 Å². The molecule has 0 spiro atoms. The zero-order chi connectivity index (χ0) is 34.0. The van der Waals surface area contributed by atoms with Crippen molar-refractivity contribution in [2.45, 2.75) is 33.1 Å². The van der Waals surface area contributed by atoms with Gasteiger partial charge >= 0.3 is 298 Å². The molecule has 5 heteroatoms. The third-order valence-electron chi connectivity index (χ3n) is 9.54. The molecular formula is C44H39OOsPS2+. The van der Waals surface area contributed by atoms with Gasteiger partial charge < -0.3 is 0 Å². The fraction of sp³-hybridized carbons (Fsp3) is 0.159. The Labute approximate surface area is 309 Å². The van der Waals surface area contributed by atoms with Gasteiger partial charge in [-0.15, -0.1) is 0 Å². The number of ether oxygens (including phenoxy) is 1. The van der Waals surface area contributed by atoms with Crippen molar-refractivity contribution in [3.8, 4) is 14.1 Å². The Bertz CT molecular complexity index is 2090. The Kier molecular flexibility index (Phi) is 10.0. The molecule has 245 valence electrons. The van der Waals surface area contributed by atoms with E-state index in [2.05, 4.69) is 172 Å². The van der Waals surface area contributed by atoms with Gasteiger partial charge in [-0.3, -0.25) is 0 Å². The van der Waals surface area contributed by atoms with E-state index in [1.807, 2.05) is 40.6 Å². The van der Waals surface area contributed by atoms with E-state index in [0.29, 0.717) is 13.2 Å². The van der Waals surface area contributed by atoms with Crippen LogP contribution < -0.4 is 15.9 Å². The van der Waals surface area contributed by atoms with Crippen LogP contribution in [0.15, 0.2) is 149 Å². The second-order valence-electron chi connectivity index (χ2n) is 12.8. The van der Waals surface area contributed by atoms with Gasteiger partial charge in [0.15, 0.2) is 0 Å². The van der Waals surface area contributed by atoms with Crippen LogP contribution >= 0.6 is 29.9 Å². The zero-order valence-electron chi connectivity index (χ0n) is 28.2. The van der Waals surface area contributed by atoms with Crippen molar-refractivity contribution in [1.29, 1.82) is 0 Å². The average Bonchev–Trinajstić information content (AvgIpc) is 3.92. The van der Waals surface area contributed by atoms with Crippen LogP contribution in [-0.2, 0) is 28.1 Å². The Morgan fingerprint density at radius 3 is 1.69 bits per heavy atom. The van der Waals surface area contributed by atoms with Gasteiger partial charge in [-0.2, -0.15) is 0 Å². The van der Waals surface area contributed by atoms with Gasteiger partial charge in [0, 0.05) is 0 Å². The molecule has 1 fully saturated rings. The molecule has 3 aromatic carbocycles. The molecule has 49 heavy (non-hydrogen) atoms. The standard InChI is InChI=1S/C44H39OPS2.Os/c1-6-17-38-27-40-42(47-38)43-41(44(40,4)5)28-39(48-43)25-24-33(26-34-30-45-29-32(34)7-2)31(3)46(35-18-11-8-12-19-35,36-20-13-9-14-21-36)37-22-15-10-16-23-37;/h6-28H,29-30H2,1-2,4-5H3;/q+1;/b17-6+,25-24+,32-7?,33-31?,34-26?;. The number of benzene rings is 3. The van der Waals surface area contributed by atoms with Crippen molar-refractivity contribution in [2.75, 3.05) is 13.2 Å². The molecule has 1 saturated heterocycles. The summed E-state index contributed by atoms with van der Waals surface area (Å²) in [5.74, 6) is 0. The van der Waals surface area contributed by atoms with Crippen LogP contribution in [0, 0.1) is 4.37 Å². The summed E-state index contributed by atoms with van der Waals surface area (Å²) in [6.45, 7) is 10.2. The van der Waals surface area contributed by atoms with E-state index in [1.54, 1.807) is 0 Å². The maximum absolute atomic E-state index is 6.00. The average molecular weight is 869 g/mol. The van der Waals surface area contributed by atoms with E-state index in [-0.39, 0.29) is 5.41 Å². The van der Waals surface area contributed by atoms with Crippen LogP contribution in [0.3, 0.4) is 0 Å². The summed E-state index contributed by atoms with van der Waals surface area (Å²) in [6, 6.07) is 38.1. The molecule has 0 bridgehead atoms. The minimum atomic E-state index is -2.38. The van der Waals surface area contributed by atoms with Crippen molar-refractivity contribution in [3.63, 3.8) is 0 Å². The molecule has 0 atom stereocenters. The topological polar surface area (TPSA) is 9.23 Å². The van der Waals surface area contributed by atoms with E-state index >= 15 is 0 Å². The molecule has 0 N–H and O–H groups in total. The summed E-state index contributed by atoms with van der Waals surface area (Å²) >= 11 is 5.66. The fourth-order valence-corrected chi connectivity index (χ4v) is 15.6. The Balaban J connectivity index is 1.48. The molecule has 2 aromatic heterocycles. The van der Waals surface area contributed by atoms with Crippen molar-refractivity contribution < 1.29 is 22.7 Å². The third kappa shape index (κ3) is 6.15. The Morgan fingerprint density at radius 2 is 1.22 bits per heavy atom. The Morgan fingerprint density at radius 1 is 0.735 bits per heavy atom. The van der Waals surface area contributed by atoms with Gasteiger partial charge in [0.1, 0.15) is 0 Å². The zero-order valence-corrected chi connectivity index (χ0v) is 33.3. The van der Waals surface area contributed by atoms with Gasteiger partial charge in [0.05, 0.1) is 0 Å². The summed E-state index contributed by atoms with van der Waals surface area (Å²) in [5.41, 5.74) is 6.54. The van der Waals surface area contributed by atoms with Gasteiger partial charge in [-0.05, 0) is 6.92 Å². The van der Waals surface area contributed by atoms with Crippen LogP contribution in [-0.4, -0.2) is 13.2 Å². The van der Waals surface area contributed by atoms with Gasteiger partial charge in [0.25, 0.3) is 0 Å². The Hall–Kier alpha value is -3.43. The van der Waals surface area contributed by atoms with E-state index in [1.165, 1.54) is 68.6 Å². The van der Waals surface area contributed by atoms with E-state index in [9.17, 15) is 0 Å². The molecule has 1 nitrogen and oxygen atoms in total. The van der Waals surface area contributed by atoms with Gasteiger partial charge in [-0.25, -0.2) is 0 Å². The predicted octanol–water partition coefficient (Wildman–Crippen LogP) is 10.8. The molecule has 1 aliphatic carbocycles. The molecule has 3 heterocycles. The number of fused-ring (bicyclic) bond motifs is 3. The summed E-state index contributed by atoms with van der Waals surface area (Å²) in [5, 5.41) is 5.19. The van der Waals surface area contributed by atoms with Crippen molar-refractivity contribution in [3.05, 3.63) is 170 Å². The molecular weight excluding hydrogens is 830 g/mol. The van der Waals surface area contributed by atoms with E-state index in [0.717, 1.165) is 0 Å². The third-order valence-corrected chi connectivity index (χ3v) is 17.3. The first kappa shape index (κ1) is 34.0. The second-order valence-corrected chi connectivity index (χ2v) is 18.9. The van der Waals surface area contributed by atoms with Crippen LogP contribution in [0.5, 0.6) is 0 Å². The normalized spacial score (nSPS) is 17.6. The van der Waals surface area contributed by atoms with Crippen molar-refractivity contribution >= 4 is 58.0 Å². The first-order valence-corrected chi connectivity index (χ1v) is 21.3. The molecule has 2 aliphatic rings. The predicted molar refractivity (Wildman–Crippen MR) is 212 cm³/mol. The molecule has 0 unspecified atom stereocenters. The molecule has 1 aliphatic heterocycles. The van der Waals surface area contributed by atoms with E-state index in [4.69, 9.17) is 4.74 Å². The maximum atomic E-state index is 6.00. The van der Waals surface area contributed by atoms with Crippen molar-refractivity contribution in [2.24, 2.45) is 0 Å². The fourth-order valence-electron chi connectivity index (χ4n) is 7.07. The summed E-state index contributed by atoms with van der Waals surface area (Å²) in [6.07, 6.45) is 13.6. The monoisotopic (exact) mass is 870 g/mol. The molecule has 0 radical (unpaired) electrons. The molecule has 0 saturated carbocycles. The minimum absolute atomic E-state index is 0.0158. The number of allylic oxidation sites excluding steroid dienone is 6. The van der Waals surface area contributed by atoms with Crippen molar-refractivity contribution in [1.82, 2.24) is 0 Å². The van der Waals surface area contributed by atoms with Crippen LogP contribution in [0.1, 0.15) is 48.6 Å². The van der Waals surface area contributed by atoms with Crippen LogP contribution in [0.4, 0.5) is 0 Å². The van der Waals surface area contributed by atoms with Gasteiger partial charge in [-0.1, -0.05) is 6.08 Å². The summed E-state index contributed by atoms with van der Waals surface area (Å²) in [4.78, 5) is 5.45. The molecule has 7 rings (SSSR count). The summed E-state index contributed by atoms with van der Waals surface area (Å²) < 4.78 is 9.86. The SMILES string of the molecule is CC=C1COCC1=CC(/C=C/c1cc2c(s1)-c1sc(/C=C/C)cc1C2(C)C)=C([C]#[Os])[P+](c1ccccc1)(c1ccccc1)c1ccccc1. The second kappa shape index (κ2) is 14.4. The summed E-state index contributed by atoms with van der Waals surface area (Å²) in [7, 11) is -2.38. The van der Waals surface area contributed by atoms with E-state index < -0.39 is 7.26 Å². The number of hydrogen-bond donors (Lipinski definition) is 0. The molecule has 0 amide bonds. The number of rotatable bonds is 8. The number of thiophene rings is 2. The first-order chi connectivity index (χ1) is 23.9. The van der Waals surface area contributed by atoms with Gasteiger partial charge in [0.2, 0.25) is 0 Å². The molecule has 5 aromatic rings. The van der Waals surface area contributed by atoms with Crippen LogP contribution in [0.25, 0.3) is 21.9 Å².